The topological polar surface area (TPSA) is 101 Å². The van der Waals surface area contributed by atoms with Gasteiger partial charge in [0.1, 0.15) is 5.82 Å². The molecule has 10 heteroatoms. The van der Waals surface area contributed by atoms with Gasteiger partial charge in [-0.25, -0.2) is 4.39 Å². The highest BCUT2D eigenvalue weighted by Gasteiger charge is 2.23. The molecule has 3 aromatic rings. The van der Waals surface area contributed by atoms with Crippen molar-refractivity contribution in [3.8, 4) is 0 Å². The number of hydrogen-bond donors (Lipinski definition) is 4. The fourth-order valence-electron chi connectivity index (χ4n) is 2.84. The Hall–Kier alpha value is -2.91. The van der Waals surface area contributed by atoms with Gasteiger partial charge in [-0.3, -0.25) is 0 Å². The molecule has 3 rings (SSSR count). The standard InChI is InChI=1S/C20H22ClFN6OS/c1-11-27-28-18(29-11)24-10-12-5-4-6-16(23)17(12)25-19(30)26-20(2,3)13-7-8-15(22)14(21)9-13/h4-9H,10,23H2,1-3H3,(H,24,28)(H2,25,26,30). The van der Waals surface area contributed by atoms with Gasteiger partial charge in [0.2, 0.25) is 5.89 Å². The van der Waals surface area contributed by atoms with Crippen LogP contribution in [0.25, 0.3) is 0 Å². The summed E-state index contributed by atoms with van der Waals surface area (Å²) in [5.74, 6) is -0.000473. The minimum Gasteiger partial charge on any atom is -0.408 e. The largest absolute Gasteiger partial charge is 0.408 e. The lowest BCUT2D eigenvalue weighted by molar-refractivity contribution is 0.487. The third-order valence-electron chi connectivity index (χ3n) is 4.44. The van der Waals surface area contributed by atoms with E-state index in [1.54, 1.807) is 25.1 Å². The van der Waals surface area contributed by atoms with E-state index in [0.717, 1.165) is 11.1 Å². The number of thiocarbonyl (C=S) groups is 1. The summed E-state index contributed by atoms with van der Waals surface area (Å²) in [6, 6.07) is 10.4. The van der Waals surface area contributed by atoms with Crippen molar-refractivity contribution in [2.45, 2.75) is 32.9 Å². The number of nitrogens with zero attached hydrogens (tertiary/aromatic N) is 2. The van der Waals surface area contributed by atoms with Crippen LogP contribution in [0.1, 0.15) is 30.9 Å². The van der Waals surface area contributed by atoms with Gasteiger partial charge in [0.25, 0.3) is 0 Å². The van der Waals surface area contributed by atoms with E-state index in [4.69, 9.17) is 34.0 Å². The Kier molecular flexibility index (Phi) is 6.42. The average Bonchev–Trinajstić information content (AvgIpc) is 3.09. The Bertz CT molecular complexity index is 1070. The number of para-hydroxylation sites is 1. The number of aryl methyl sites for hydroxylation is 1. The number of halogens is 2. The molecule has 0 radical (unpaired) electrons. The lowest BCUT2D eigenvalue weighted by atomic mass is 9.94. The number of benzene rings is 2. The summed E-state index contributed by atoms with van der Waals surface area (Å²) in [5, 5.41) is 17.5. The number of rotatable bonds is 6. The zero-order chi connectivity index (χ0) is 21.9. The van der Waals surface area contributed by atoms with Crippen molar-refractivity contribution in [1.82, 2.24) is 15.5 Å². The van der Waals surface area contributed by atoms with Crippen LogP contribution in [0.3, 0.4) is 0 Å². The maximum absolute atomic E-state index is 13.5. The molecule has 0 aliphatic heterocycles. The number of aromatic nitrogens is 2. The summed E-state index contributed by atoms with van der Waals surface area (Å²) in [5.41, 5.74) is 8.39. The van der Waals surface area contributed by atoms with Crippen LogP contribution in [0, 0.1) is 12.7 Å². The molecule has 0 saturated carbocycles. The maximum atomic E-state index is 13.5. The molecule has 0 aliphatic rings. The Labute approximate surface area is 184 Å². The van der Waals surface area contributed by atoms with Crippen LogP contribution in [0.2, 0.25) is 5.02 Å². The molecule has 0 spiro atoms. The SMILES string of the molecule is Cc1nnc(NCc2cccc(N)c2NC(=S)NC(C)(C)c2ccc(F)c(Cl)c2)o1. The van der Waals surface area contributed by atoms with E-state index >= 15 is 0 Å². The first-order chi connectivity index (χ1) is 14.2. The second-order valence-electron chi connectivity index (χ2n) is 7.19. The summed E-state index contributed by atoms with van der Waals surface area (Å²) >= 11 is 11.4. The van der Waals surface area contributed by atoms with Crippen LogP contribution in [-0.4, -0.2) is 15.3 Å². The summed E-state index contributed by atoms with van der Waals surface area (Å²) in [6.07, 6.45) is 0. The lowest BCUT2D eigenvalue weighted by Gasteiger charge is -2.29. The molecular formula is C20H22ClFN6OS. The van der Waals surface area contributed by atoms with Crippen LogP contribution < -0.4 is 21.7 Å². The van der Waals surface area contributed by atoms with E-state index in [2.05, 4.69) is 26.1 Å². The minimum atomic E-state index is -0.606. The number of nitrogens with one attached hydrogen (secondary N) is 3. The normalized spacial score (nSPS) is 11.2. The molecule has 158 valence electrons. The van der Waals surface area contributed by atoms with Gasteiger partial charge in [-0.1, -0.05) is 34.9 Å². The highest BCUT2D eigenvalue weighted by molar-refractivity contribution is 7.80. The summed E-state index contributed by atoms with van der Waals surface area (Å²) < 4.78 is 18.8. The molecule has 0 amide bonds. The van der Waals surface area contributed by atoms with Gasteiger partial charge in [0.15, 0.2) is 5.11 Å². The Balaban J connectivity index is 1.73. The van der Waals surface area contributed by atoms with Crippen molar-refractivity contribution < 1.29 is 8.81 Å². The molecule has 1 heterocycles. The molecule has 2 aromatic carbocycles. The van der Waals surface area contributed by atoms with Gasteiger partial charge in [-0.15, -0.1) is 5.10 Å². The van der Waals surface area contributed by atoms with Crippen molar-refractivity contribution in [1.29, 1.82) is 0 Å². The van der Waals surface area contributed by atoms with E-state index in [9.17, 15) is 4.39 Å². The highest BCUT2D eigenvalue weighted by atomic mass is 35.5. The van der Waals surface area contributed by atoms with Crippen molar-refractivity contribution in [3.63, 3.8) is 0 Å². The van der Waals surface area contributed by atoms with Crippen molar-refractivity contribution in [2.75, 3.05) is 16.4 Å². The number of hydrogen-bond acceptors (Lipinski definition) is 6. The van der Waals surface area contributed by atoms with Crippen molar-refractivity contribution in [2.24, 2.45) is 0 Å². The van der Waals surface area contributed by atoms with Gasteiger partial charge in [-0.05, 0) is 55.4 Å². The summed E-state index contributed by atoms with van der Waals surface area (Å²) in [6.45, 7) is 5.94. The summed E-state index contributed by atoms with van der Waals surface area (Å²) in [7, 11) is 0. The Morgan fingerprint density at radius 2 is 2.03 bits per heavy atom. The van der Waals surface area contributed by atoms with Gasteiger partial charge >= 0.3 is 6.01 Å². The van der Waals surface area contributed by atoms with Crippen molar-refractivity contribution >= 4 is 46.3 Å². The third-order valence-corrected chi connectivity index (χ3v) is 4.94. The molecule has 1 aromatic heterocycles. The predicted molar refractivity (Wildman–Crippen MR) is 121 cm³/mol. The lowest BCUT2D eigenvalue weighted by Crippen LogP contribution is -2.43. The minimum absolute atomic E-state index is 0.0539. The zero-order valence-corrected chi connectivity index (χ0v) is 18.3. The van der Waals surface area contributed by atoms with E-state index in [1.807, 2.05) is 26.0 Å². The fraction of sp³-hybridized carbons (Fsp3) is 0.250. The molecule has 0 bridgehead atoms. The first kappa shape index (κ1) is 21.8. The maximum Gasteiger partial charge on any atom is 0.315 e. The zero-order valence-electron chi connectivity index (χ0n) is 16.7. The van der Waals surface area contributed by atoms with Crippen molar-refractivity contribution in [3.05, 3.63) is 64.3 Å². The van der Waals surface area contributed by atoms with Crippen LogP contribution in [0.4, 0.5) is 21.8 Å². The van der Waals surface area contributed by atoms with E-state index in [-0.39, 0.29) is 5.02 Å². The van der Waals surface area contributed by atoms with E-state index < -0.39 is 11.4 Å². The molecule has 5 N–H and O–H groups in total. The molecule has 0 atom stereocenters. The predicted octanol–water partition coefficient (Wildman–Crippen LogP) is 4.59. The second-order valence-corrected chi connectivity index (χ2v) is 8.01. The Morgan fingerprint density at radius 1 is 1.27 bits per heavy atom. The molecule has 30 heavy (non-hydrogen) atoms. The first-order valence-corrected chi connectivity index (χ1v) is 9.90. The molecule has 0 saturated heterocycles. The van der Waals surface area contributed by atoms with Gasteiger partial charge in [0.05, 0.1) is 21.9 Å². The fourth-order valence-corrected chi connectivity index (χ4v) is 3.38. The molecule has 0 aliphatic carbocycles. The summed E-state index contributed by atoms with van der Waals surface area (Å²) in [4.78, 5) is 0. The molecular weight excluding hydrogens is 427 g/mol. The smallest absolute Gasteiger partial charge is 0.315 e. The monoisotopic (exact) mass is 448 g/mol. The first-order valence-electron chi connectivity index (χ1n) is 9.12. The van der Waals surface area contributed by atoms with Crippen LogP contribution >= 0.6 is 23.8 Å². The molecule has 0 fully saturated rings. The van der Waals surface area contributed by atoms with E-state index in [1.165, 1.54) is 6.07 Å². The average molecular weight is 449 g/mol. The van der Waals surface area contributed by atoms with Gasteiger partial charge in [-0.2, -0.15) is 0 Å². The Morgan fingerprint density at radius 3 is 2.70 bits per heavy atom. The quantitative estimate of drug-likeness (QED) is 0.321. The third kappa shape index (κ3) is 5.17. The molecule has 0 unspecified atom stereocenters. The van der Waals surface area contributed by atoms with Crippen LogP contribution in [-0.2, 0) is 12.1 Å². The molecule has 7 nitrogen and oxygen atoms in total. The van der Waals surface area contributed by atoms with Crippen LogP contribution in [0.15, 0.2) is 40.8 Å². The van der Waals surface area contributed by atoms with Crippen LogP contribution in [0.5, 0.6) is 0 Å². The van der Waals surface area contributed by atoms with Gasteiger partial charge in [0, 0.05) is 13.5 Å². The number of nitrogens with two attached hydrogens (primary N) is 1. The number of anilines is 3. The highest BCUT2D eigenvalue weighted by Crippen LogP contribution is 2.27. The van der Waals surface area contributed by atoms with E-state index in [0.29, 0.717) is 34.9 Å². The number of nitrogen functional groups attached to an aromatic ring is 1. The second kappa shape index (κ2) is 8.85. The van der Waals surface area contributed by atoms with Gasteiger partial charge < -0.3 is 26.1 Å².